The average molecular weight is 340 g/mol. The van der Waals surface area contributed by atoms with Crippen LogP contribution < -0.4 is 10.6 Å². The van der Waals surface area contributed by atoms with Crippen LogP contribution in [0.15, 0.2) is 4.99 Å². The van der Waals surface area contributed by atoms with E-state index in [-0.39, 0.29) is 24.0 Å². The van der Waals surface area contributed by atoms with Crippen LogP contribution in [0, 0.1) is 0 Å². The van der Waals surface area contributed by atoms with Gasteiger partial charge in [0.15, 0.2) is 5.96 Å². The Hall–Kier alpha value is -0.0400. The number of nitrogens with one attached hydrogen (secondary N) is 2. The van der Waals surface area contributed by atoms with E-state index in [4.69, 9.17) is 0 Å². The average Bonchev–Trinajstić information content (AvgIpc) is 2.65. The van der Waals surface area contributed by atoms with Crippen molar-refractivity contribution in [3.05, 3.63) is 0 Å². The molecule has 0 bridgehead atoms. The van der Waals surface area contributed by atoms with Gasteiger partial charge in [0.2, 0.25) is 0 Å². The third-order valence-corrected chi connectivity index (χ3v) is 2.94. The minimum Gasteiger partial charge on any atom is -0.356 e. The van der Waals surface area contributed by atoms with E-state index in [1.165, 1.54) is 19.4 Å². The van der Waals surface area contributed by atoms with Crippen molar-refractivity contribution in [3.63, 3.8) is 0 Å². The molecule has 0 aromatic heterocycles. The highest BCUT2D eigenvalue weighted by Crippen LogP contribution is 2.13. The van der Waals surface area contributed by atoms with Gasteiger partial charge in [0.1, 0.15) is 0 Å². The van der Waals surface area contributed by atoms with Gasteiger partial charge >= 0.3 is 0 Å². The molecule has 0 amide bonds. The molecule has 96 valence electrons. The van der Waals surface area contributed by atoms with E-state index in [0.717, 1.165) is 25.5 Å². The molecule has 1 aliphatic rings. The number of nitrogens with zero attached hydrogens (tertiary/aromatic N) is 2. The van der Waals surface area contributed by atoms with Crippen molar-refractivity contribution < 1.29 is 0 Å². The van der Waals surface area contributed by atoms with Crippen molar-refractivity contribution in [1.82, 2.24) is 15.5 Å². The zero-order valence-corrected chi connectivity index (χ0v) is 13.0. The molecule has 1 saturated heterocycles. The van der Waals surface area contributed by atoms with Gasteiger partial charge in [-0.05, 0) is 32.9 Å². The predicted molar refractivity (Wildman–Crippen MR) is 80.7 cm³/mol. The smallest absolute Gasteiger partial charge is 0.191 e. The largest absolute Gasteiger partial charge is 0.356 e. The number of likely N-dealkylation sites (tertiary alicyclic amines) is 1. The second kappa shape index (κ2) is 9.04. The number of rotatable bonds is 4. The summed E-state index contributed by atoms with van der Waals surface area (Å²) >= 11 is 0. The molecule has 0 aliphatic carbocycles. The summed E-state index contributed by atoms with van der Waals surface area (Å²) in [4.78, 5) is 6.60. The molecule has 1 rings (SSSR count). The van der Waals surface area contributed by atoms with Gasteiger partial charge in [0, 0.05) is 26.2 Å². The number of aliphatic imine (C=N–C) groups is 1. The Balaban J connectivity index is 0.00000225. The molecule has 1 aliphatic heterocycles. The van der Waals surface area contributed by atoms with E-state index < -0.39 is 0 Å². The first-order valence-electron chi connectivity index (χ1n) is 5.92. The Morgan fingerprint density at radius 3 is 2.69 bits per heavy atom. The number of guanidine groups is 1. The van der Waals surface area contributed by atoms with E-state index in [9.17, 15) is 0 Å². The summed E-state index contributed by atoms with van der Waals surface area (Å²) in [6.07, 6.45) is 3.75. The first kappa shape index (κ1) is 16.0. The van der Waals surface area contributed by atoms with Crippen molar-refractivity contribution in [1.29, 1.82) is 0 Å². The summed E-state index contributed by atoms with van der Waals surface area (Å²) < 4.78 is 0. The minimum atomic E-state index is 0. The van der Waals surface area contributed by atoms with Gasteiger partial charge in [-0.1, -0.05) is 6.92 Å². The Labute approximate surface area is 116 Å². The molecule has 0 saturated carbocycles. The van der Waals surface area contributed by atoms with Gasteiger partial charge in [-0.15, -0.1) is 24.0 Å². The molecular formula is C11H25IN4. The van der Waals surface area contributed by atoms with Crippen LogP contribution in [0.5, 0.6) is 0 Å². The zero-order chi connectivity index (χ0) is 11.1. The fraction of sp³-hybridized carbons (Fsp3) is 0.909. The monoisotopic (exact) mass is 340 g/mol. The van der Waals surface area contributed by atoms with Crippen LogP contribution >= 0.6 is 24.0 Å². The first-order valence-corrected chi connectivity index (χ1v) is 5.92. The molecule has 4 nitrogen and oxygen atoms in total. The second-order valence-electron chi connectivity index (χ2n) is 4.16. The summed E-state index contributed by atoms with van der Waals surface area (Å²) in [5.74, 6) is 0.928. The lowest BCUT2D eigenvalue weighted by molar-refractivity contribution is 0.309. The summed E-state index contributed by atoms with van der Waals surface area (Å²) in [6, 6.07) is 0.671. The number of halogens is 1. The molecule has 0 radical (unpaired) electrons. The minimum absolute atomic E-state index is 0. The maximum atomic E-state index is 4.19. The maximum Gasteiger partial charge on any atom is 0.191 e. The van der Waals surface area contributed by atoms with Crippen molar-refractivity contribution in [2.75, 3.05) is 33.7 Å². The lowest BCUT2D eigenvalue weighted by Crippen LogP contribution is -2.44. The van der Waals surface area contributed by atoms with E-state index in [1.54, 1.807) is 0 Å². The molecule has 1 atom stereocenters. The Kier molecular flexibility index (Phi) is 9.02. The number of hydrogen-bond donors (Lipinski definition) is 2. The van der Waals surface area contributed by atoms with Gasteiger partial charge in [-0.25, -0.2) is 0 Å². The molecule has 5 heteroatoms. The Morgan fingerprint density at radius 2 is 2.19 bits per heavy atom. The van der Waals surface area contributed by atoms with Crippen LogP contribution in [0.2, 0.25) is 0 Å². The molecule has 2 N–H and O–H groups in total. The molecule has 1 unspecified atom stereocenters. The quantitative estimate of drug-likeness (QED) is 0.460. The molecular weight excluding hydrogens is 315 g/mol. The lowest BCUT2D eigenvalue weighted by atomic mass is 10.2. The van der Waals surface area contributed by atoms with E-state index in [2.05, 4.69) is 34.5 Å². The number of likely N-dealkylation sites (N-methyl/N-ethyl adjacent to an activating group) is 1. The van der Waals surface area contributed by atoms with Crippen LogP contribution in [0.3, 0.4) is 0 Å². The summed E-state index contributed by atoms with van der Waals surface area (Å²) in [7, 11) is 4.02. The molecule has 1 fully saturated rings. The Bertz CT molecular complexity index is 208. The normalized spacial score (nSPS) is 21.7. The highest BCUT2D eigenvalue weighted by molar-refractivity contribution is 14.0. The van der Waals surface area contributed by atoms with Crippen molar-refractivity contribution >= 4 is 29.9 Å². The molecule has 16 heavy (non-hydrogen) atoms. The third-order valence-electron chi connectivity index (χ3n) is 2.94. The van der Waals surface area contributed by atoms with Crippen molar-refractivity contribution in [2.24, 2.45) is 4.99 Å². The fourth-order valence-electron chi connectivity index (χ4n) is 1.92. The SMILES string of the molecule is CCCNC(=NC)NCC1CCCN1C.I. The molecule has 0 aromatic carbocycles. The second-order valence-corrected chi connectivity index (χ2v) is 4.16. The molecule has 0 aromatic rings. The summed E-state index contributed by atoms with van der Waals surface area (Å²) in [6.45, 7) is 5.37. The standard InChI is InChI=1S/C11H24N4.HI/c1-4-7-13-11(12-2)14-9-10-6-5-8-15(10)3;/h10H,4-9H2,1-3H3,(H2,12,13,14);1H. The van der Waals surface area contributed by atoms with E-state index in [0.29, 0.717) is 6.04 Å². The maximum absolute atomic E-state index is 4.19. The van der Waals surface area contributed by atoms with Crippen molar-refractivity contribution in [2.45, 2.75) is 32.2 Å². The molecule has 0 spiro atoms. The first-order chi connectivity index (χ1) is 7.27. The van der Waals surface area contributed by atoms with Crippen LogP contribution in [-0.2, 0) is 0 Å². The topological polar surface area (TPSA) is 39.7 Å². The summed E-state index contributed by atoms with van der Waals surface area (Å²) in [5.41, 5.74) is 0. The molecule has 1 heterocycles. The number of hydrogen-bond acceptors (Lipinski definition) is 2. The Morgan fingerprint density at radius 1 is 1.44 bits per heavy atom. The van der Waals surface area contributed by atoms with Gasteiger partial charge < -0.3 is 15.5 Å². The van der Waals surface area contributed by atoms with Gasteiger partial charge in [-0.2, -0.15) is 0 Å². The zero-order valence-electron chi connectivity index (χ0n) is 10.6. The lowest BCUT2D eigenvalue weighted by Gasteiger charge is -2.21. The van der Waals surface area contributed by atoms with Crippen LogP contribution in [0.25, 0.3) is 0 Å². The van der Waals surface area contributed by atoms with E-state index >= 15 is 0 Å². The highest BCUT2D eigenvalue weighted by Gasteiger charge is 2.20. The van der Waals surface area contributed by atoms with Crippen LogP contribution in [-0.4, -0.2) is 50.6 Å². The van der Waals surface area contributed by atoms with Crippen molar-refractivity contribution in [3.8, 4) is 0 Å². The fourth-order valence-corrected chi connectivity index (χ4v) is 1.92. The highest BCUT2D eigenvalue weighted by atomic mass is 127. The van der Waals surface area contributed by atoms with Gasteiger partial charge in [-0.3, -0.25) is 4.99 Å². The van der Waals surface area contributed by atoms with Gasteiger partial charge in [0.25, 0.3) is 0 Å². The predicted octanol–water partition coefficient (Wildman–Crippen LogP) is 1.27. The third kappa shape index (κ3) is 5.34. The summed E-state index contributed by atoms with van der Waals surface area (Å²) in [5, 5.41) is 6.65. The van der Waals surface area contributed by atoms with Crippen LogP contribution in [0.1, 0.15) is 26.2 Å². The van der Waals surface area contributed by atoms with Crippen LogP contribution in [0.4, 0.5) is 0 Å². The van der Waals surface area contributed by atoms with E-state index in [1.807, 2.05) is 7.05 Å². The van der Waals surface area contributed by atoms with Gasteiger partial charge in [0.05, 0.1) is 0 Å².